The molecule has 1 aliphatic rings. The van der Waals surface area contributed by atoms with Crippen molar-refractivity contribution in [1.29, 1.82) is 0 Å². The van der Waals surface area contributed by atoms with E-state index in [0.717, 1.165) is 28.4 Å². The second-order valence-electron chi connectivity index (χ2n) is 6.20. The van der Waals surface area contributed by atoms with Crippen molar-refractivity contribution in [1.82, 2.24) is 4.90 Å². The number of hydrogen-bond acceptors (Lipinski definition) is 2. The molecule has 0 radical (unpaired) electrons. The lowest BCUT2D eigenvalue weighted by atomic mass is 10.1. The van der Waals surface area contributed by atoms with Crippen molar-refractivity contribution in [3.63, 3.8) is 0 Å². The van der Waals surface area contributed by atoms with Crippen LogP contribution in [-0.2, 0) is 17.9 Å². The summed E-state index contributed by atoms with van der Waals surface area (Å²) in [5.74, 6) is 0. The Morgan fingerprint density at radius 3 is 2.42 bits per heavy atom. The van der Waals surface area contributed by atoms with Crippen molar-refractivity contribution < 1.29 is 9.53 Å². The van der Waals surface area contributed by atoms with Gasteiger partial charge in [-0.2, -0.15) is 0 Å². The van der Waals surface area contributed by atoms with Gasteiger partial charge in [0.15, 0.2) is 0 Å². The van der Waals surface area contributed by atoms with Gasteiger partial charge in [0.25, 0.3) is 0 Å². The number of rotatable bonds is 5. The van der Waals surface area contributed by atoms with E-state index in [1.54, 1.807) is 0 Å². The van der Waals surface area contributed by atoms with E-state index in [9.17, 15) is 4.79 Å². The fourth-order valence-corrected chi connectivity index (χ4v) is 3.58. The highest BCUT2D eigenvalue weighted by Gasteiger charge is 2.28. The highest BCUT2D eigenvalue weighted by atomic mass is 79.9. The van der Waals surface area contributed by atoms with Crippen molar-refractivity contribution in [2.45, 2.75) is 44.9 Å². The van der Waals surface area contributed by atoms with Gasteiger partial charge in [0.05, 0.1) is 6.54 Å². The van der Waals surface area contributed by atoms with E-state index in [1.807, 2.05) is 53.4 Å². The molecule has 1 aliphatic carbocycles. The Labute approximate surface area is 151 Å². The first-order valence-corrected chi connectivity index (χ1v) is 9.24. The maximum Gasteiger partial charge on any atom is 0.410 e. The van der Waals surface area contributed by atoms with Gasteiger partial charge in [-0.15, -0.1) is 0 Å². The van der Waals surface area contributed by atoms with Gasteiger partial charge >= 0.3 is 6.09 Å². The summed E-state index contributed by atoms with van der Waals surface area (Å²) in [6, 6.07) is 18.2. The largest absolute Gasteiger partial charge is 0.445 e. The van der Waals surface area contributed by atoms with Crippen LogP contribution in [0.1, 0.15) is 36.8 Å². The highest BCUT2D eigenvalue weighted by Crippen LogP contribution is 2.27. The Hall–Kier alpha value is -1.81. The van der Waals surface area contributed by atoms with E-state index in [2.05, 4.69) is 22.0 Å². The quantitative estimate of drug-likeness (QED) is 0.674. The molecule has 0 heterocycles. The molecule has 2 aromatic carbocycles. The number of amides is 1. The first-order valence-electron chi connectivity index (χ1n) is 8.45. The number of halogens is 1. The normalized spacial score (nSPS) is 14.5. The molecule has 0 N–H and O–H groups in total. The molecular formula is C20H22BrNO2. The van der Waals surface area contributed by atoms with Crippen molar-refractivity contribution in [3.05, 3.63) is 70.2 Å². The second-order valence-corrected chi connectivity index (χ2v) is 7.05. The lowest BCUT2D eigenvalue weighted by Gasteiger charge is -2.28. The van der Waals surface area contributed by atoms with Crippen molar-refractivity contribution in [2.24, 2.45) is 0 Å². The zero-order valence-corrected chi connectivity index (χ0v) is 15.2. The number of hydrogen-bond donors (Lipinski definition) is 0. The van der Waals surface area contributed by atoms with Crippen molar-refractivity contribution in [3.8, 4) is 0 Å². The summed E-state index contributed by atoms with van der Waals surface area (Å²) in [6.07, 6.45) is 4.27. The predicted octanol–water partition coefficient (Wildman–Crippen LogP) is 5.53. The SMILES string of the molecule is O=C(OCc1ccccc1)N(Cc1ccccc1Br)C1CCCC1. The Morgan fingerprint density at radius 1 is 1.04 bits per heavy atom. The van der Waals surface area contributed by atoms with Gasteiger partial charge in [-0.3, -0.25) is 0 Å². The van der Waals surface area contributed by atoms with Crippen LogP contribution in [0.15, 0.2) is 59.1 Å². The van der Waals surface area contributed by atoms with Gasteiger partial charge in [-0.1, -0.05) is 77.3 Å². The first-order chi connectivity index (χ1) is 11.7. The number of carbonyl (C=O) groups excluding carboxylic acids is 1. The van der Waals surface area contributed by atoms with E-state index in [0.29, 0.717) is 13.2 Å². The van der Waals surface area contributed by atoms with Gasteiger partial charge in [0, 0.05) is 10.5 Å². The third-order valence-electron chi connectivity index (χ3n) is 4.50. The molecule has 0 spiro atoms. The Kier molecular flexibility index (Phi) is 5.91. The zero-order chi connectivity index (χ0) is 16.8. The van der Waals surface area contributed by atoms with E-state index in [1.165, 1.54) is 12.8 Å². The topological polar surface area (TPSA) is 29.5 Å². The number of nitrogens with zero attached hydrogens (tertiary/aromatic N) is 1. The molecule has 0 atom stereocenters. The summed E-state index contributed by atoms with van der Waals surface area (Å²) in [7, 11) is 0. The van der Waals surface area contributed by atoms with Crippen LogP contribution in [0, 0.1) is 0 Å². The van der Waals surface area contributed by atoms with Crippen molar-refractivity contribution >= 4 is 22.0 Å². The standard InChI is InChI=1S/C20H22BrNO2/c21-19-13-7-4-10-17(19)14-22(18-11-5-6-12-18)20(23)24-15-16-8-2-1-3-9-16/h1-4,7-10,13,18H,5-6,11-12,14-15H2. The van der Waals surface area contributed by atoms with Crippen LogP contribution >= 0.6 is 15.9 Å². The molecule has 1 amide bonds. The third-order valence-corrected chi connectivity index (χ3v) is 5.28. The molecule has 0 aromatic heterocycles. The van der Waals surface area contributed by atoms with Gasteiger partial charge in [0.2, 0.25) is 0 Å². The summed E-state index contributed by atoms with van der Waals surface area (Å²) in [6.45, 7) is 0.901. The summed E-state index contributed by atoms with van der Waals surface area (Å²) in [5, 5.41) is 0. The van der Waals surface area contributed by atoms with E-state index in [4.69, 9.17) is 4.74 Å². The van der Waals surface area contributed by atoms with Crippen molar-refractivity contribution in [2.75, 3.05) is 0 Å². The molecule has 24 heavy (non-hydrogen) atoms. The molecule has 3 nitrogen and oxygen atoms in total. The highest BCUT2D eigenvalue weighted by molar-refractivity contribution is 9.10. The Balaban J connectivity index is 1.69. The molecule has 0 saturated heterocycles. The van der Waals surface area contributed by atoms with Crippen LogP contribution in [0.5, 0.6) is 0 Å². The zero-order valence-electron chi connectivity index (χ0n) is 13.7. The second kappa shape index (κ2) is 8.34. The van der Waals surface area contributed by atoms with E-state index < -0.39 is 0 Å². The molecule has 126 valence electrons. The predicted molar refractivity (Wildman–Crippen MR) is 98.6 cm³/mol. The Morgan fingerprint density at radius 2 is 1.71 bits per heavy atom. The van der Waals surface area contributed by atoms with E-state index >= 15 is 0 Å². The average Bonchev–Trinajstić information content (AvgIpc) is 3.14. The lowest BCUT2D eigenvalue weighted by molar-refractivity contribution is 0.0778. The van der Waals surface area contributed by atoms with Crippen LogP contribution in [0.3, 0.4) is 0 Å². The molecule has 2 aromatic rings. The Bertz CT molecular complexity index is 668. The smallest absolute Gasteiger partial charge is 0.410 e. The minimum Gasteiger partial charge on any atom is -0.445 e. The summed E-state index contributed by atoms with van der Waals surface area (Å²) in [5.41, 5.74) is 2.12. The van der Waals surface area contributed by atoms with Crippen LogP contribution in [-0.4, -0.2) is 17.0 Å². The van der Waals surface area contributed by atoms with Gasteiger partial charge in [-0.05, 0) is 30.0 Å². The number of ether oxygens (including phenoxy) is 1. The number of carbonyl (C=O) groups is 1. The number of benzene rings is 2. The average molecular weight is 388 g/mol. The molecular weight excluding hydrogens is 366 g/mol. The summed E-state index contributed by atoms with van der Waals surface area (Å²) in [4.78, 5) is 14.6. The summed E-state index contributed by atoms with van der Waals surface area (Å²) < 4.78 is 6.62. The van der Waals surface area contributed by atoms with Gasteiger partial charge < -0.3 is 9.64 Å². The molecule has 0 unspecified atom stereocenters. The van der Waals surface area contributed by atoms with Crippen LogP contribution in [0.4, 0.5) is 4.79 Å². The molecule has 1 saturated carbocycles. The van der Waals surface area contributed by atoms with Crippen LogP contribution in [0.25, 0.3) is 0 Å². The maximum atomic E-state index is 12.7. The first kappa shape index (κ1) is 17.0. The van der Waals surface area contributed by atoms with Crippen LogP contribution in [0.2, 0.25) is 0 Å². The maximum absolute atomic E-state index is 12.7. The molecule has 0 aliphatic heterocycles. The lowest BCUT2D eigenvalue weighted by Crippen LogP contribution is -2.38. The van der Waals surface area contributed by atoms with Gasteiger partial charge in [-0.25, -0.2) is 4.79 Å². The molecule has 4 heteroatoms. The summed E-state index contributed by atoms with van der Waals surface area (Å²) >= 11 is 3.58. The fraction of sp³-hybridized carbons (Fsp3) is 0.350. The minimum atomic E-state index is -0.221. The third kappa shape index (κ3) is 4.38. The fourth-order valence-electron chi connectivity index (χ4n) is 3.17. The van der Waals surface area contributed by atoms with Crippen LogP contribution < -0.4 is 0 Å². The molecule has 1 fully saturated rings. The minimum absolute atomic E-state index is 0.221. The molecule has 3 rings (SSSR count). The van der Waals surface area contributed by atoms with E-state index in [-0.39, 0.29) is 12.1 Å². The molecule has 0 bridgehead atoms. The van der Waals surface area contributed by atoms with Gasteiger partial charge in [0.1, 0.15) is 6.61 Å². The monoisotopic (exact) mass is 387 g/mol.